The van der Waals surface area contributed by atoms with Crippen LogP contribution in [-0.4, -0.2) is 52.4 Å². The van der Waals surface area contributed by atoms with Crippen molar-refractivity contribution < 1.29 is 13.9 Å². The summed E-state index contributed by atoms with van der Waals surface area (Å²) >= 11 is 0. The van der Waals surface area contributed by atoms with Crippen molar-refractivity contribution in [2.45, 2.75) is 31.5 Å². The van der Waals surface area contributed by atoms with E-state index in [9.17, 15) is 4.79 Å². The zero-order valence-electron chi connectivity index (χ0n) is 14.4. The number of hydrogen-bond donors (Lipinski definition) is 1. The lowest BCUT2D eigenvalue weighted by atomic mass is 10.0. The molecule has 3 unspecified atom stereocenters. The molecule has 134 valence electrons. The van der Waals surface area contributed by atoms with Crippen LogP contribution in [0.3, 0.4) is 0 Å². The number of aryl methyl sites for hydroxylation is 1. The second kappa shape index (κ2) is 7.01. The summed E-state index contributed by atoms with van der Waals surface area (Å²) in [5.74, 6) is 0.550. The predicted octanol–water partition coefficient (Wildman–Crippen LogP) is 1.42. The largest absolute Gasteiger partial charge is 0.459 e. The lowest BCUT2D eigenvalue weighted by molar-refractivity contribution is -0.0757. The molecule has 2 aliphatic rings. The van der Waals surface area contributed by atoms with E-state index in [1.54, 1.807) is 12.1 Å². The minimum Gasteiger partial charge on any atom is -0.459 e. The van der Waals surface area contributed by atoms with Gasteiger partial charge in [0, 0.05) is 50.4 Å². The fraction of sp³-hybridized carbons (Fsp3) is 0.556. The quantitative estimate of drug-likeness (QED) is 0.888. The highest BCUT2D eigenvalue weighted by Gasteiger charge is 2.42. The zero-order valence-corrected chi connectivity index (χ0v) is 14.4. The van der Waals surface area contributed by atoms with Gasteiger partial charge in [0.1, 0.15) is 0 Å². The first kappa shape index (κ1) is 16.4. The number of nitrogens with zero attached hydrogens (tertiary/aromatic N) is 3. The number of ether oxygens (including phenoxy) is 1. The summed E-state index contributed by atoms with van der Waals surface area (Å²) in [5.41, 5.74) is 1.23. The first-order valence-electron chi connectivity index (χ1n) is 8.85. The minimum atomic E-state index is -0.156. The summed E-state index contributed by atoms with van der Waals surface area (Å²) in [7, 11) is 1.94. The van der Waals surface area contributed by atoms with Crippen LogP contribution >= 0.6 is 0 Å². The molecule has 1 aliphatic carbocycles. The lowest BCUT2D eigenvalue weighted by Gasteiger charge is -2.39. The molecule has 1 N–H and O–H groups in total. The second-order valence-corrected chi connectivity index (χ2v) is 6.92. The maximum atomic E-state index is 12.1. The molecule has 7 nitrogen and oxygen atoms in total. The second-order valence-electron chi connectivity index (χ2n) is 6.92. The summed E-state index contributed by atoms with van der Waals surface area (Å²) in [6, 6.07) is 3.82. The van der Waals surface area contributed by atoms with Gasteiger partial charge in [-0.2, -0.15) is 5.10 Å². The number of amides is 1. The molecule has 4 rings (SSSR count). The molecule has 1 saturated heterocycles. The average molecular weight is 344 g/mol. The van der Waals surface area contributed by atoms with Crippen LogP contribution in [0.2, 0.25) is 0 Å². The van der Waals surface area contributed by atoms with E-state index >= 15 is 0 Å². The van der Waals surface area contributed by atoms with Gasteiger partial charge in [-0.3, -0.25) is 14.4 Å². The Morgan fingerprint density at radius 1 is 1.44 bits per heavy atom. The fourth-order valence-corrected chi connectivity index (χ4v) is 4.06. The van der Waals surface area contributed by atoms with Crippen LogP contribution < -0.4 is 5.32 Å². The zero-order chi connectivity index (χ0) is 17.2. The maximum Gasteiger partial charge on any atom is 0.286 e. The average Bonchev–Trinajstić information content (AvgIpc) is 3.34. The third-order valence-corrected chi connectivity index (χ3v) is 5.25. The standard InChI is InChI=1S/C18H24N4O3/c1-21-11-13(9-20-21)12-22-6-8-25-17-14(4-5-15(17)22)10-19-18(23)16-3-2-7-24-16/h2-3,7,9,11,14-15,17H,4-6,8,10,12H2,1H3,(H,19,23). The van der Waals surface area contributed by atoms with E-state index in [1.807, 2.05) is 17.9 Å². The predicted molar refractivity (Wildman–Crippen MR) is 90.9 cm³/mol. The minimum absolute atomic E-state index is 0.156. The van der Waals surface area contributed by atoms with Crippen molar-refractivity contribution in [2.75, 3.05) is 19.7 Å². The molecule has 3 heterocycles. The van der Waals surface area contributed by atoms with Crippen LogP contribution in [0.25, 0.3) is 0 Å². The van der Waals surface area contributed by atoms with E-state index in [4.69, 9.17) is 9.15 Å². The Bertz CT molecular complexity index is 712. The Morgan fingerprint density at radius 3 is 3.12 bits per heavy atom. The number of carbonyl (C=O) groups is 1. The number of aromatic nitrogens is 2. The molecule has 1 aliphatic heterocycles. The molecule has 25 heavy (non-hydrogen) atoms. The SMILES string of the molecule is Cn1cc(CN2CCOC3C(CNC(=O)c4ccco4)CCC32)cn1. The van der Waals surface area contributed by atoms with E-state index in [0.29, 0.717) is 24.3 Å². The third-order valence-electron chi connectivity index (χ3n) is 5.25. The molecule has 0 bridgehead atoms. The van der Waals surface area contributed by atoms with Gasteiger partial charge in [-0.25, -0.2) is 0 Å². The topological polar surface area (TPSA) is 72.5 Å². The first-order chi connectivity index (χ1) is 12.2. The monoisotopic (exact) mass is 344 g/mol. The van der Waals surface area contributed by atoms with Crippen LogP contribution in [-0.2, 0) is 18.3 Å². The number of nitrogens with one attached hydrogen (secondary N) is 1. The van der Waals surface area contributed by atoms with E-state index in [2.05, 4.69) is 21.5 Å². The van der Waals surface area contributed by atoms with Gasteiger partial charge < -0.3 is 14.5 Å². The summed E-state index contributed by atoms with van der Waals surface area (Å²) in [6.07, 6.45) is 7.87. The van der Waals surface area contributed by atoms with Gasteiger partial charge in [-0.1, -0.05) is 0 Å². The van der Waals surface area contributed by atoms with Gasteiger partial charge in [0.15, 0.2) is 5.76 Å². The van der Waals surface area contributed by atoms with E-state index in [-0.39, 0.29) is 12.0 Å². The van der Waals surface area contributed by atoms with Crippen LogP contribution in [0.1, 0.15) is 29.0 Å². The number of rotatable bonds is 5. The van der Waals surface area contributed by atoms with Gasteiger partial charge >= 0.3 is 0 Å². The van der Waals surface area contributed by atoms with Crippen LogP contribution in [0.15, 0.2) is 35.2 Å². The Morgan fingerprint density at radius 2 is 2.36 bits per heavy atom. The van der Waals surface area contributed by atoms with Crippen molar-refractivity contribution in [1.29, 1.82) is 0 Å². The van der Waals surface area contributed by atoms with E-state index in [1.165, 1.54) is 11.8 Å². The summed E-state index contributed by atoms with van der Waals surface area (Å²) in [5, 5.41) is 7.24. The smallest absolute Gasteiger partial charge is 0.286 e. The fourth-order valence-electron chi connectivity index (χ4n) is 4.06. The van der Waals surface area contributed by atoms with Gasteiger partial charge in [0.25, 0.3) is 5.91 Å². The Balaban J connectivity index is 1.35. The number of fused-ring (bicyclic) bond motifs is 1. The molecule has 2 aromatic rings. The van der Waals surface area contributed by atoms with Crippen molar-refractivity contribution in [3.63, 3.8) is 0 Å². The number of furan rings is 1. The highest BCUT2D eigenvalue weighted by atomic mass is 16.5. The third kappa shape index (κ3) is 3.48. The molecular formula is C18H24N4O3. The first-order valence-corrected chi connectivity index (χ1v) is 8.85. The lowest BCUT2D eigenvalue weighted by Crippen LogP contribution is -2.50. The highest BCUT2D eigenvalue weighted by molar-refractivity contribution is 5.91. The molecule has 7 heteroatoms. The van der Waals surface area contributed by atoms with Gasteiger partial charge in [0.2, 0.25) is 0 Å². The normalized spacial score (nSPS) is 26.5. The molecule has 1 saturated carbocycles. The maximum absolute atomic E-state index is 12.1. The Hall–Kier alpha value is -2.12. The van der Waals surface area contributed by atoms with E-state index < -0.39 is 0 Å². The molecule has 2 fully saturated rings. The Labute approximate surface area is 146 Å². The van der Waals surface area contributed by atoms with Crippen LogP contribution in [0, 0.1) is 5.92 Å². The number of hydrogen-bond acceptors (Lipinski definition) is 5. The van der Waals surface area contributed by atoms with Crippen LogP contribution in [0.5, 0.6) is 0 Å². The highest BCUT2D eigenvalue weighted by Crippen LogP contribution is 2.35. The molecule has 2 aromatic heterocycles. The molecule has 0 spiro atoms. The summed E-state index contributed by atoms with van der Waals surface area (Å²) in [6.45, 7) is 3.22. The molecule has 1 amide bonds. The Kier molecular flexibility index (Phi) is 4.59. The van der Waals surface area contributed by atoms with Crippen molar-refractivity contribution in [3.05, 3.63) is 42.1 Å². The van der Waals surface area contributed by atoms with Crippen LogP contribution in [0.4, 0.5) is 0 Å². The van der Waals surface area contributed by atoms with Gasteiger partial charge in [0.05, 0.1) is 25.2 Å². The van der Waals surface area contributed by atoms with Gasteiger partial charge in [-0.15, -0.1) is 0 Å². The molecule has 0 radical (unpaired) electrons. The van der Waals surface area contributed by atoms with Crippen molar-refractivity contribution in [1.82, 2.24) is 20.0 Å². The number of morpholine rings is 1. The van der Waals surface area contributed by atoms with Crippen molar-refractivity contribution in [3.8, 4) is 0 Å². The molecule has 0 aromatic carbocycles. The molecule has 3 atom stereocenters. The summed E-state index contributed by atoms with van der Waals surface area (Å²) in [4.78, 5) is 14.6. The molecular weight excluding hydrogens is 320 g/mol. The van der Waals surface area contributed by atoms with Gasteiger partial charge in [-0.05, 0) is 25.0 Å². The van der Waals surface area contributed by atoms with Crippen molar-refractivity contribution >= 4 is 5.91 Å². The van der Waals surface area contributed by atoms with E-state index in [0.717, 1.165) is 32.5 Å². The summed E-state index contributed by atoms with van der Waals surface area (Å²) < 4.78 is 13.1. The number of carbonyl (C=O) groups excluding carboxylic acids is 1. The van der Waals surface area contributed by atoms with Crippen molar-refractivity contribution in [2.24, 2.45) is 13.0 Å².